The minimum absolute atomic E-state index is 0.0601. The maximum absolute atomic E-state index is 11.1. The molecule has 0 aliphatic carbocycles. The van der Waals surface area contributed by atoms with Crippen LogP contribution >= 0.6 is 0 Å². The summed E-state index contributed by atoms with van der Waals surface area (Å²) in [4.78, 5) is 21.1. The number of non-ortho nitro benzene ring substituents is 1. The molecule has 110 valence electrons. The maximum atomic E-state index is 11.1. The van der Waals surface area contributed by atoms with E-state index in [0.29, 0.717) is 25.3 Å². The minimum atomic E-state index is -0.845. The number of nitrogens with one attached hydrogen (secondary N) is 1. The van der Waals surface area contributed by atoms with Crippen LogP contribution in [0.25, 0.3) is 0 Å². The predicted molar refractivity (Wildman–Crippen MR) is 75.7 cm³/mol. The highest BCUT2D eigenvalue weighted by atomic mass is 16.6. The lowest BCUT2D eigenvalue weighted by atomic mass is 10.0. The van der Waals surface area contributed by atoms with Crippen LogP contribution in [0.3, 0.4) is 0 Å². The molecule has 0 amide bonds. The first-order valence-corrected chi connectivity index (χ1v) is 6.59. The Kier molecular flexibility index (Phi) is 6.11. The van der Waals surface area contributed by atoms with Gasteiger partial charge in [-0.05, 0) is 30.9 Å². The molecule has 1 aromatic carbocycles. The molecule has 1 unspecified atom stereocenters. The Morgan fingerprint density at radius 1 is 1.35 bits per heavy atom. The Balaban J connectivity index is 2.46. The number of benzene rings is 1. The lowest BCUT2D eigenvalue weighted by molar-refractivity contribution is -0.384. The van der Waals surface area contributed by atoms with Gasteiger partial charge in [0.1, 0.15) is 6.04 Å². The molecule has 6 nitrogen and oxygen atoms in total. The summed E-state index contributed by atoms with van der Waals surface area (Å²) in [6, 6.07) is 5.75. The van der Waals surface area contributed by atoms with Crippen LogP contribution in [0.5, 0.6) is 0 Å². The fraction of sp³-hybridized carbons (Fsp3) is 0.500. The molecule has 0 saturated carbocycles. The van der Waals surface area contributed by atoms with Crippen LogP contribution in [0, 0.1) is 16.0 Å². The summed E-state index contributed by atoms with van der Waals surface area (Å²) in [5.74, 6) is -0.537. The first-order valence-electron chi connectivity index (χ1n) is 6.59. The van der Waals surface area contributed by atoms with Gasteiger partial charge in [-0.15, -0.1) is 0 Å². The van der Waals surface area contributed by atoms with Gasteiger partial charge >= 0.3 is 5.97 Å². The Hall–Kier alpha value is -1.95. The lowest BCUT2D eigenvalue weighted by Gasteiger charge is -2.16. The second-order valence-corrected chi connectivity index (χ2v) is 5.15. The number of carboxylic acids is 1. The number of nitro benzene ring substituents is 1. The Bertz CT molecular complexity index is 457. The summed E-state index contributed by atoms with van der Waals surface area (Å²) in [6.07, 6.45) is 1.22. The van der Waals surface area contributed by atoms with Gasteiger partial charge in [0.05, 0.1) is 4.92 Å². The van der Waals surface area contributed by atoms with Crippen LogP contribution in [-0.2, 0) is 11.2 Å². The molecule has 0 spiro atoms. The maximum Gasteiger partial charge on any atom is 0.320 e. The number of nitrogens with zero attached hydrogens (tertiary/aromatic N) is 1. The molecule has 6 heteroatoms. The van der Waals surface area contributed by atoms with Crippen molar-refractivity contribution in [2.24, 2.45) is 5.92 Å². The average molecular weight is 280 g/mol. The Labute approximate surface area is 118 Å². The molecular formula is C14H20N2O4. The molecule has 0 saturated heterocycles. The Morgan fingerprint density at radius 2 is 1.95 bits per heavy atom. The van der Waals surface area contributed by atoms with Crippen LogP contribution < -0.4 is 5.32 Å². The number of aliphatic carboxylic acids is 1. The number of carbonyl (C=O) groups is 1. The fourth-order valence-electron chi connectivity index (χ4n) is 1.92. The first-order chi connectivity index (χ1) is 9.40. The molecule has 1 aromatic rings. The summed E-state index contributed by atoms with van der Waals surface area (Å²) < 4.78 is 0. The van der Waals surface area contributed by atoms with Gasteiger partial charge in [-0.2, -0.15) is 0 Å². The third-order valence-electron chi connectivity index (χ3n) is 2.96. The van der Waals surface area contributed by atoms with Crippen molar-refractivity contribution in [3.05, 3.63) is 39.9 Å². The Morgan fingerprint density at radius 3 is 2.40 bits per heavy atom. The van der Waals surface area contributed by atoms with Crippen LogP contribution in [-0.4, -0.2) is 28.6 Å². The van der Waals surface area contributed by atoms with Crippen molar-refractivity contribution in [2.45, 2.75) is 32.7 Å². The van der Waals surface area contributed by atoms with Crippen molar-refractivity contribution < 1.29 is 14.8 Å². The van der Waals surface area contributed by atoms with Gasteiger partial charge in [-0.3, -0.25) is 14.9 Å². The molecule has 0 aliphatic rings. The minimum Gasteiger partial charge on any atom is -0.480 e. The van der Waals surface area contributed by atoms with Gasteiger partial charge in [-0.1, -0.05) is 26.0 Å². The number of hydrogen-bond acceptors (Lipinski definition) is 4. The second-order valence-electron chi connectivity index (χ2n) is 5.15. The van der Waals surface area contributed by atoms with Crippen molar-refractivity contribution in [3.8, 4) is 0 Å². The average Bonchev–Trinajstić information content (AvgIpc) is 2.37. The van der Waals surface area contributed by atoms with Crippen molar-refractivity contribution in [1.29, 1.82) is 0 Å². The quantitative estimate of drug-likeness (QED) is 0.562. The largest absolute Gasteiger partial charge is 0.480 e. The van der Waals surface area contributed by atoms with Gasteiger partial charge in [-0.25, -0.2) is 0 Å². The molecule has 20 heavy (non-hydrogen) atoms. The van der Waals surface area contributed by atoms with E-state index in [9.17, 15) is 14.9 Å². The highest BCUT2D eigenvalue weighted by molar-refractivity contribution is 5.73. The van der Waals surface area contributed by atoms with E-state index in [0.717, 1.165) is 5.56 Å². The number of carboxylic acid groups (broad SMARTS) is 1. The number of nitro groups is 1. The molecule has 2 N–H and O–H groups in total. The fourth-order valence-corrected chi connectivity index (χ4v) is 1.92. The third kappa shape index (κ3) is 5.36. The smallest absolute Gasteiger partial charge is 0.320 e. The lowest BCUT2D eigenvalue weighted by Crippen LogP contribution is -2.38. The van der Waals surface area contributed by atoms with Crippen LogP contribution in [0.4, 0.5) is 5.69 Å². The van der Waals surface area contributed by atoms with E-state index in [1.807, 2.05) is 13.8 Å². The third-order valence-corrected chi connectivity index (χ3v) is 2.96. The van der Waals surface area contributed by atoms with Crippen LogP contribution in [0.1, 0.15) is 25.8 Å². The summed E-state index contributed by atoms with van der Waals surface area (Å²) in [6.45, 7) is 4.49. The highest BCUT2D eigenvalue weighted by Gasteiger charge is 2.17. The van der Waals surface area contributed by atoms with Gasteiger partial charge in [0.2, 0.25) is 0 Å². The van der Waals surface area contributed by atoms with E-state index < -0.39 is 16.9 Å². The predicted octanol–water partition coefficient (Wildman–Crippen LogP) is 2.23. The zero-order valence-electron chi connectivity index (χ0n) is 11.7. The molecule has 1 rings (SSSR count). The normalized spacial score (nSPS) is 12.3. The van der Waals surface area contributed by atoms with Crippen LogP contribution in [0.2, 0.25) is 0 Å². The van der Waals surface area contributed by atoms with Gasteiger partial charge in [0.15, 0.2) is 0 Å². The molecule has 0 aromatic heterocycles. The summed E-state index contributed by atoms with van der Waals surface area (Å²) >= 11 is 0. The zero-order chi connectivity index (χ0) is 15.1. The highest BCUT2D eigenvalue weighted by Crippen LogP contribution is 2.12. The van der Waals surface area contributed by atoms with Crippen molar-refractivity contribution in [2.75, 3.05) is 6.54 Å². The van der Waals surface area contributed by atoms with Crippen LogP contribution in [0.15, 0.2) is 24.3 Å². The molecular weight excluding hydrogens is 260 g/mol. The van der Waals surface area contributed by atoms with Crippen molar-refractivity contribution in [3.63, 3.8) is 0 Å². The van der Waals surface area contributed by atoms with Gasteiger partial charge in [0.25, 0.3) is 5.69 Å². The number of rotatable bonds is 8. The van der Waals surface area contributed by atoms with E-state index in [2.05, 4.69) is 5.32 Å². The summed E-state index contributed by atoms with van der Waals surface area (Å²) in [7, 11) is 0. The molecule has 0 bridgehead atoms. The molecule has 0 radical (unpaired) electrons. The second kappa shape index (κ2) is 7.59. The van der Waals surface area contributed by atoms with E-state index in [4.69, 9.17) is 5.11 Å². The molecule has 0 aliphatic heterocycles. The first kappa shape index (κ1) is 16.1. The van der Waals surface area contributed by atoms with E-state index >= 15 is 0 Å². The summed E-state index contributed by atoms with van der Waals surface area (Å²) in [5, 5.41) is 22.6. The van der Waals surface area contributed by atoms with E-state index in [-0.39, 0.29) is 5.69 Å². The topological polar surface area (TPSA) is 92.5 Å². The standard InChI is InChI=1S/C14H20N2O4/c1-10(2)9-13(14(17)18)15-8-7-11-3-5-12(6-4-11)16(19)20/h3-6,10,13,15H,7-9H2,1-2H3,(H,17,18). The SMILES string of the molecule is CC(C)CC(NCCc1ccc([N+](=O)[O-])cc1)C(=O)O. The molecule has 0 fully saturated rings. The zero-order valence-corrected chi connectivity index (χ0v) is 11.7. The molecule has 1 atom stereocenters. The van der Waals surface area contributed by atoms with Crippen molar-refractivity contribution >= 4 is 11.7 Å². The number of hydrogen-bond donors (Lipinski definition) is 2. The van der Waals surface area contributed by atoms with E-state index in [1.54, 1.807) is 12.1 Å². The van der Waals surface area contributed by atoms with Gasteiger partial charge < -0.3 is 10.4 Å². The van der Waals surface area contributed by atoms with Gasteiger partial charge in [0, 0.05) is 12.1 Å². The monoisotopic (exact) mass is 280 g/mol. The summed E-state index contributed by atoms with van der Waals surface area (Å²) in [5.41, 5.74) is 1.00. The van der Waals surface area contributed by atoms with E-state index in [1.165, 1.54) is 12.1 Å². The molecule has 0 heterocycles. The van der Waals surface area contributed by atoms with Crippen molar-refractivity contribution in [1.82, 2.24) is 5.32 Å².